The Bertz CT molecular complexity index is 648. The summed E-state index contributed by atoms with van der Waals surface area (Å²) in [5.41, 5.74) is 3.37. The van der Waals surface area contributed by atoms with Crippen molar-refractivity contribution in [2.24, 2.45) is 10.8 Å². The summed E-state index contributed by atoms with van der Waals surface area (Å²) in [6.45, 7) is 12.6. The van der Waals surface area contributed by atoms with Crippen LogP contribution < -0.4 is 4.90 Å². The summed E-state index contributed by atoms with van der Waals surface area (Å²) in [5.74, 6) is 0.540. The van der Waals surface area contributed by atoms with Crippen molar-refractivity contribution in [3.63, 3.8) is 0 Å². The van der Waals surface area contributed by atoms with Gasteiger partial charge in [-0.3, -0.25) is 4.90 Å². The maximum Gasteiger partial charge on any atom is 0.390 e. The Balaban J connectivity index is 0.00000300. The fourth-order valence-corrected chi connectivity index (χ4v) is 5.68. The van der Waals surface area contributed by atoms with Crippen molar-refractivity contribution in [1.29, 1.82) is 0 Å². The predicted octanol–water partition coefficient (Wildman–Crippen LogP) is 6.50. The first-order chi connectivity index (χ1) is 12.9. The second kappa shape index (κ2) is 9.05. The van der Waals surface area contributed by atoms with E-state index >= 15 is 0 Å². The summed E-state index contributed by atoms with van der Waals surface area (Å²) < 4.78 is 37.5. The molecule has 0 radical (unpaired) electrons. The van der Waals surface area contributed by atoms with Crippen LogP contribution in [0.5, 0.6) is 0 Å². The van der Waals surface area contributed by atoms with E-state index in [1.807, 2.05) is 4.90 Å². The van der Waals surface area contributed by atoms with Crippen molar-refractivity contribution >= 4 is 18.1 Å². The van der Waals surface area contributed by atoms with E-state index in [9.17, 15) is 13.2 Å². The van der Waals surface area contributed by atoms with Gasteiger partial charge in [0.15, 0.2) is 0 Å². The van der Waals surface area contributed by atoms with Gasteiger partial charge in [0.1, 0.15) is 0 Å². The molecule has 1 aliphatic heterocycles. The molecule has 0 aromatic heterocycles. The second-order valence-corrected chi connectivity index (χ2v) is 10.4. The van der Waals surface area contributed by atoms with E-state index in [-0.39, 0.29) is 19.0 Å². The van der Waals surface area contributed by atoms with Gasteiger partial charge in [0.2, 0.25) is 0 Å². The molecule has 0 bridgehead atoms. The number of piperazine rings is 1. The molecule has 1 saturated carbocycles. The molecule has 2 aliphatic rings. The molecule has 166 valence electrons. The number of halogens is 4. The fourth-order valence-electron chi connectivity index (χ4n) is 5.68. The highest BCUT2D eigenvalue weighted by atomic mass is 35.5. The Morgan fingerprint density at radius 3 is 2.03 bits per heavy atom. The Morgan fingerprint density at radius 1 is 0.931 bits per heavy atom. The number of hydrogen-bond acceptors (Lipinski definition) is 2. The first-order valence-corrected chi connectivity index (χ1v) is 10.6. The van der Waals surface area contributed by atoms with E-state index in [2.05, 4.69) is 56.9 Å². The summed E-state index contributed by atoms with van der Waals surface area (Å²) >= 11 is 0. The van der Waals surface area contributed by atoms with Gasteiger partial charge in [-0.2, -0.15) is 13.2 Å². The van der Waals surface area contributed by atoms with E-state index in [4.69, 9.17) is 0 Å². The SMILES string of the molecule is CC1(C)CC(c2ccccc2N2CCN(CCC(F)(F)F)CC2)CC(C)(C)C1.Cl. The minimum Gasteiger partial charge on any atom is -0.369 e. The third-order valence-electron chi connectivity index (χ3n) is 6.36. The van der Waals surface area contributed by atoms with Gasteiger partial charge in [0.05, 0.1) is 6.42 Å². The number of rotatable bonds is 4. The van der Waals surface area contributed by atoms with Gasteiger partial charge in [-0.05, 0) is 47.6 Å². The maximum atomic E-state index is 12.5. The number of alkyl halides is 3. The van der Waals surface area contributed by atoms with Gasteiger partial charge in [0, 0.05) is 38.4 Å². The van der Waals surface area contributed by atoms with Gasteiger partial charge < -0.3 is 4.90 Å². The third-order valence-corrected chi connectivity index (χ3v) is 6.36. The molecule has 0 N–H and O–H groups in total. The van der Waals surface area contributed by atoms with Crippen LogP contribution in [-0.2, 0) is 0 Å². The number of para-hydroxylation sites is 1. The number of benzene rings is 1. The maximum absolute atomic E-state index is 12.5. The first-order valence-electron chi connectivity index (χ1n) is 10.6. The molecule has 1 aromatic rings. The second-order valence-electron chi connectivity index (χ2n) is 10.4. The van der Waals surface area contributed by atoms with Crippen molar-refractivity contribution in [2.45, 2.75) is 65.5 Å². The molecule has 1 heterocycles. The lowest BCUT2D eigenvalue weighted by atomic mass is 9.60. The van der Waals surface area contributed by atoms with Gasteiger partial charge >= 0.3 is 6.18 Å². The van der Waals surface area contributed by atoms with Crippen molar-refractivity contribution in [3.8, 4) is 0 Å². The Hall–Kier alpha value is -0.940. The zero-order valence-electron chi connectivity index (χ0n) is 18.2. The molecule has 1 aliphatic carbocycles. The quantitative estimate of drug-likeness (QED) is 0.535. The minimum absolute atomic E-state index is 0. The van der Waals surface area contributed by atoms with Gasteiger partial charge in [-0.25, -0.2) is 0 Å². The Labute approximate surface area is 180 Å². The van der Waals surface area contributed by atoms with Gasteiger partial charge in [0.25, 0.3) is 0 Å². The summed E-state index contributed by atoms with van der Waals surface area (Å²) in [6, 6.07) is 8.70. The predicted molar refractivity (Wildman–Crippen MR) is 117 cm³/mol. The lowest BCUT2D eigenvalue weighted by Gasteiger charge is -2.46. The van der Waals surface area contributed by atoms with Crippen LogP contribution in [0.25, 0.3) is 0 Å². The normalized spacial score (nSPS) is 22.9. The smallest absolute Gasteiger partial charge is 0.369 e. The van der Waals surface area contributed by atoms with E-state index in [1.54, 1.807) is 0 Å². The molecule has 0 spiro atoms. The molecule has 29 heavy (non-hydrogen) atoms. The van der Waals surface area contributed by atoms with E-state index in [0.717, 1.165) is 13.1 Å². The van der Waals surface area contributed by atoms with Gasteiger partial charge in [-0.1, -0.05) is 45.9 Å². The largest absolute Gasteiger partial charge is 0.390 e. The number of nitrogens with zero attached hydrogens (tertiary/aromatic N) is 2. The molecule has 3 rings (SSSR count). The van der Waals surface area contributed by atoms with Crippen LogP contribution in [0.3, 0.4) is 0 Å². The number of hydrogen-bond donors (Lipinski definition) is 0. The lowest BCUT2D eigenvalue weighted by Crippen LogP contribution is -2.47. The molecule has 0 amide bonds. The molecule has 0 unspecified atom stereocenters. The highest BCUT2D eigenvalue weighted by Gasteiger charge is 2.40. The summed E-state index contributed by atoms with van der Waals surface area (Å²) in [5, 5.41) is 0. The van der Waals surface area contributed by atoms with E-state index in [1.165, 1.54) is 30.5 Å². The summed E-state index contributed by atoms with van der Waals surface area (Å²) in [6.07, 6.45) is -1.14. The van der Waals surface area contributed by atoms with E-state index < -0.39 is 12.6 Å². The topological polar surface area (TPSA) is 6.48 Å². The average molecular weight is 433 g/mol. The lowest BCUT2D eigenvalue weighted by molar-refractivity contribution is -0.138. The molecule has 1 saturated heterocycles. The Morgan fingerprint density at radius 2 is 1.48 bits per heavy atom. The zero-order valence-corrected chi connectivity index (χ0v) is 19.0. The molecule has 0 atom stereocenters. The van der Waals surface area contributed by atoms with Crippen molar-refractivity contribution in [2.75, 3.05) is 37.6 Å². The summed E-state index contributed by atoms with van der Waals surface area (Å²) in [4.78, 5) is 4.33. The number of anilines is 1. The van der Waals surface area contributed by atoms with Crippen LogP contribution in [0, 0.1) is 10.8 Å². The van der Waals surface area contributed by atoms with Crippen molar-refractivity contribution in [3.05, 3.63) is 29.8 Å². The molecule has 2 fully saturated rings. The van der Waals surface area contributed by atoms with Crippen LogP contribution >= 0.6 is 12.4 Å². The van der Waals surface area contributed by atoms with Crippen LogP contribution in [0.1, 0.15) is 64.9 Å². The summed E-state index contributed by atoms with van der Waals surface area (Å²) in [7, 11) is 0. The average Bonchev–Trinajstić information content (AvgIpc) is 2.57. The van der Waals surface area contributed by atoms with Gasteiger partial charge in [-0.15, -0.1) is 12.4 Å². The molecule has 2 nitrogen and oxygen atoms in total. The van der Waals surface area contributed by atoms with Crippen molar-refractivity contribution in [1.82, 2.24) is 4.90 Å². The van der Waals surface area contributed by atoms with Crippen LogP contribution in [-0.4, -0.2) is 43.8 Å². The highest BCUT2D eigenvalue weighted by molar-refractivity contribution is 5.85. The third kappa shape index (κ3) is 6.78. The minimum atomic E-state index is -4.07. The van der Waals surface area contributed by atoms with Crippen LogP contribution in [0.15, 0.2) is 24.3 Å². The fraction of sp³-hybridized carbons (Fsp3) is 0.739. The molecule has 6 heteroatoms. The highest BCUT2D eigenvalue weighted by Crippen LogP contribution is 2.53. The zero-order chi connectivity index (χ0) is 20.6. The standard InChI is InChI=1S/C23H35F3N2.ClH/c1-21(2)15-18(16-22(3,4)17-21)19-7-5-6-8-20(19)28-13-11-27(12-14-28)10-9-23(24,25)26;/h5-8,18H,9-17H2,1-4H3;1H. The first kappa shape index (κ1) is 24.3. The Kier molecular flexibility index (Phi) is 7.59. The molecule has 1 aromatic carbocycles. The monoisotopic (exact) mass is 432 g/mol. The molecular weight excluding hydrogens is 397 g/mol. The van der Waals surface area contributed by atoms with E-state index in [0.29, 0.717) is 29.8 Å². The van der Waals surface area contributed by atoms with Crippen molar-refractivity contribution < 1.29 is 13.2 Å². The molecular formula is C23H36ClF3N2. The van der Waals surface area contributed by atoms with Crippen LogP contribution in [0.2, 0.25) is 0 Å². The van der Waals surface area contributed by atoms with Crippen LogP contribution in [0.4, 0.5) is 18.9 Å².